The van der Waals surface area contributed by atoms with Gasteiger partial charge in [0.05, 0.1) is 22.1 Å². The van der Waals surface area contributed by atoms with Crippen LogP contribution in [0, 0.1) is 105 Å². The summed E-state index contributed by atoms with van der Waals surface area (Å²) in [5.41, 5.74) is 2.15. The van der Waals surface area contributed by atoms with Crippen LogP contribution in [0.4, 0.5) is 0 Å². The van der Waals surface area contributed by atoms with Gasteiger partial charge < -0.3 is 151 Å². The van der Waals surface area contributed by atoms with Crippen molar-refractivity contribution in [2.75, 3.05) is 111 Å². The molecule has 104 heavy (non-hydrogen) atoms. The third kappa shape index (κ3) is 52.8. The minimum atomic E-state index is -1.75. The molecular formula is C62H80Br4Er2N6O28Zn2. The number of carboxylic acids is 2. The van der Waals surface area contributed by atoms with E-state index in [1.807, 2.05) is 47.8 Å². The van der Waals surface area contributed by atoms with Gasteiger partial charge in [0.1, 0.15) is 24.1 Å². The first-order valence-electron chi connectivity index (χ1n) is 27.5. The number of hydrogen-bond donors (Lipinski definition) is 8. The summed E-state index contributed by atoms with van der Waals surface area (Å²) in [5, 5.41) is 183. The minimum Gasteiger partial charge on any atom is -0.872 e. The number of halogens is 4. The summed E-state index contributed by atoms with van der Waals surface area (Å²) >= 11 is 13.3. The number of hydrogen-bond acceptors (Lipinski definition) is 32. The number of benzene rings is 6. The Hall–Kier alpha value is -4.10. The van der Waals surface area contributed by atoms with E-state index in [9.17, 15) is 60.0 Å². The van der Waals surface area contributed by atoms with E-state index >= 15 is 0 Å². The molecule has 0 heterocycles. The molecular weight excluding hydrogens is 2060 g/mol. The van der Waals surface area contributed by atoms with Crippen molar-refractivity contribution in [1.82, 2.24) is 19.6 Å². The molecule has 0 aliphatic carbocycles. The zero-order valence-electron chi connectivity index (χ0n) is 58.1. The molecule has 0 aromatic heterocycles. The fraction of sp³-hybridized carbons (Fsp3) is 0.355. The van der Waals surface area contributed by atoms with Crippen LogP contribution in [0.5, 0.6) is 34.5 Å². The molecule has 6 aromatic carbocycles. The summed E-state index contributed by atoms with van der Waals surface area (Å²) in [6.07, 6.45) is -1.92. The maximum Gasteiger partial charge on any atom is 3.00 e. The fourth-order valence-corrected chi connectivity index (χ4v) is 9.49. The van der Waals surface area contributed by atoms with Crippen LogP contribution in [-0.2, 0) is 74.6 Å². The zero-order chi connectivity index (χ0) is 79.1. The zero-order valence-corrected chi connectivity index (χ0v) is 74.1. The molecule has 0 fully saturated rings. The molecule has 6 aromatic rings. The van der Waals surface area contributed by atoms with Crippen molar-refractivity contribution >= 4 is 88.2 Å². The normalized spacial score (nSPS) is 9.81. The molecule has 42 heteroatoms. The van der Waals surface area contributed by atoms with E-state index in [-0.39, 0.29) is 181 Å². The van der Waals surface area contributed by atoms with Crippen LogP contribution in [0.2, 0.25) is 0 Å². The first-order chi connectivity index (χ1) is 47.2. The second-order valence-corrected chi connectivity index (χ2v) is 22.0. The topological polar surface area (TPSA) is 578 Å². The molecule has 2 radical (unpaired) electrons. The third-order valence-electron chi connectivity index (χ3n) is 11.6. The van der Waals surface area contributed by atoms with Gasteiger partial charge in [-0.25, -0.2) is 0 Å². The van der Waals surface area contributed by atoms with Crippen molar-refractivity contribution in [2.45, 2.75) is 38.8 Å². The minimum absolute atomic E-state index is 0. The number of aliphatic hydroxyl groups is 6. The molecule has 0 amide bonds. The molecule has 0 bridgehead atoms. The molecule has 0 saturated heterocycles. The van der Waals surface area contributed by atoms with Gasteiger partial charge in [0.2, 0.25) is 0 Å². The molecule has 0 aliphatic heterocycles. The Morgan fingerprint density at radius 1 is 0.442 bits per heavy atom. The number of carbonyl (C=O) groups excluding carboxylic acids is 4. The number of methoxy groups -OCH3 is 2. The molecule has 582 valence electrons. The second kappa shape index (κ2) is 73.1. The van der Waals surface area contributed by atoms with Crippen molar-refractivity contribution < 1.29 is 234 Å². The van der Waals surface area contributed by atoms with Crippen molar-refractivity contribution in [2.24, 2.45) is 0 Å². The van der Waals surface area contributed by atoms with Gasteiger partial charge >= 0.3 is 114 Å². The van der Waals surface area contributed by atoms with Gasteiger partial charge in [0, 0.05) is 162 Å². The Labute approximate surface area is 719 Å². The molecule has 0 unspecified atom stereocenters. The Morgan fingerprint density at radius 2 is 0.644 bits per heavy atom. The van der Waals surface area contributed by atoms with E-state index in [1.165, 1.54) is 74.9 Å². The fourth-order valence-electron chi connectivity index (χ4n) is 7.40. The van der Waals surface area contributed by atoms with Crippen LogP contribution in [0.1, 0.15) is 87.4 Å². The Bertz CT molecular complexity index is 3100. The first-order valence-corrected chi connectivity index (χ1v) is 30.7. The van der Waals surface area contributed by atoms with Crippen LogP contribution < -0.4 is 40.9 Å². The standard InChI is InChI=1S/2C21H25Br2N2O5.2C7H6O3.6CH4O.2Er.2NO3.2Zn/c2*1-24(10-13-6-16(22)8-15(12-26)19(13)27)4-5-25(2)11-14-7-17(23)9-18(20(14)28)21(29)30-3;2*8-6-4-2-1-3-5(6)7(9)10;6*1-2;;;2*2-1(3)4;;/h2*6-9,12,21,27-28H,4-5,10-11H2,1-3H3;2*1-4,8H,(H,9,10);6*2H,1H3;;;;;;/q2*-1;;;;;;;;;2*+3;2*-1;2*+2/p-6/t2*21-;;;;;;;;;;;;;;/m11............../s1. The average Bonchev–Trinajstić information content (AvgIpc) is 0.844. The molecule has 8 N–H and O–H groups in total. The summed E-state index contributed by atoms with van der Waals surface area (Å²) in [6, 6.07) is 24.1. The van der Waals surface area contributed by atoms with Crippen LogP contribution in [0.25, 0.3) is 0 Å². The largest absolute Gasteiger partial charge is 3.00 e. The van der Waals surface area contributed by atoms with Gasteiger partial charge in [-0.05, 0) is 134 Å². The summed E-state index contributed by atoms with van der Waals surface area (Å²) in [4.78, 5) is 66.8. The van der Waals surface area contributed by atoms with Crippen LogP contribution >= 0.6 is 63.7 Å². The monoisotopic (exact) mass is 2130 g/mol. The van der Waals surface area contributed by atoms with Crippen LogP contribution in [0.15, 0.2) is 115 Å². The number of aliphatic hydroxyl groups excluding tert-OH is 6. The number of aromatic carboxylic acids is 2. The number of carbonyl (C=O) groups is 4. The Balaban J connectivity index is -0.000000137. The van der Waals surface area contributed by atoms with Gasteiger partial charge in [-0.1, -0.05) is 111 Å². The van der Waals surface area contributed by atoms with Crippen LogP contribution in [0.3, 0.4) is 0 Å². The number of phenols is 2. The van der Waals surface area contributed by atoms with E-state index in [2.05, 4.69) is 63.7 Å². The van der Waals surface area contributed by atoms with Gasteiger partial charge in [-0.3, -0.25) is 9.59 Å². The SMILES string of the molecule is CO.CO.CO.CO.CO.CO.CO[C@@H]([O-])c1cc(Br)cc(CN(C)CCN(C)Cc2cc(Br)cc(C=O)c2[O-])c1[O-].CO[C@@H]([O-])c1cc(Br)cc(CN(C)CCN(C)Cc2cc(Br)cc(C=O)c2[O-])c1[O-].O=C([O-])c1ccccc1O.O=C([O-])c1ccccc1O.O=[N+]([O-])[O-].O=[N+]([O-])[O-].[Er+3].[Er+3].[Zn+2].[Zn+2]. The van der Waals surface area contributed by atoms with Crippen molar-refractivity contribution in [1.29, 1.82) is 0 Å². The number of rotatable bonds is 22. The van der Waals surface area contributed by atoms with E-state index in [1.54, 1.807) is 36.4 Å². The predicted octanol–water partition coefficient (Wildman–Crippen LogP) is 0.160. The van der Waals surface area contributed by atoms with Gasteiger partial charge in [0.25, 0.3) is 0 Å². The number of nitrogens with zero attached hydrogens (tertiary/aromatic N) is 6. The smallest absolute Gasteiger partial charge is 0.872 e. The molecule has 6 rings (SSSR count). The molecule has 0 aliphatic rings. The maximum absolute atomic E-state index is 12.6. The van der Waals surface area contributed by atoms with E-state index in [4.69, 9.17) is 81.0 Å². The maximum atomic E-state index is 12.6. The number of para-hydroxylation sites is 2. The molecule has 0 spiro atoms. The third-order valence-corrected chi connectivity index (χ3v) is 13.4. The summed E-state index contributed by atoms with van der Waals surface area (Å²) in [7, 11) is 16.1. The first kappa shape index (κ1) is 121. The quantitative estimate of drug-likeness (QED) is 0.0148. The van der Waals surface area contributed by atoms with Gasteiger partial charge in [-0.15, -0.1) is 0 Å². The number of likely N-dealkylation sites (N-methyl/N-ethyl adjacent to an activating group) is 4. The Kier molecular flexibility index (Phi) is 84.9. The Morgan fingerprint density at radius 3 is 0.827 bits per heavy atom. The predicted molar refractivity (Wildman–Crippen MR) is 364 cm³/mol. The number of ether oxygens (including phenoxy) is 2. The van der Waals surface area contributed by atoms with Crippen molar-refractivity contribution in [3.8, 4) is 34.5 Å². The van der Waals surface area contributed by atoms with Crippen molar-refractivity contribution in [3.63, 3.8) is 0 Å². The molecule has 2 atom stereocenters. The summed E-state index contributed by atoms with van der Waals surface area (Å²) in [6.45, 7) is 4.06. The van der Waals surface area contributed by atoms with Crippen molar-refractivity contribution in [3.05, 3.63) is 201 Å². The van der Waals surface area contributed by atoms with Gasteiger partial charge in [-0.2, -0.15) is 0 Å². The van der Waals surface area contributed by atoms with E-state index in [0.29, 0.717) is 105 Å². The van der Waals surface area contributed by atoms with Crippen LogP contribution in [-0.4, -0.2) is 206 Å². The molecule has 34 nitrogen and oxygen atoms in total. The molecule has 0 saturated carbocycles. The summed E-state index contributed by atoms with van der Waals surface area (Å²) < 4.78 is 12.2. The second-order valence-electron chi connectivity index (χ2n) is 18.3. The van der Waals surface area contributed by atoms with E-state index < -0.39 is 34.7 Å². The van der Waals surface area contributed by atoms with Gasteiger partial charge in [0.15, 0.2) is 0 Å². The number of aldehydes is 2. The van der Waals surface area contributed by atoms with E-state index in [0.717, 1.165) is 42.7 Å². The summed E-state index contributed by atoms with van der Waals surface area (Å²) in [5.74, 6) is -4.41. The number of aromatic hydroxyl groups is 2. The average molecular weight is 2140 g/mol. The number of carboxylic acid groups (broad SMARTS) is 2.